The van der Waals surface area contributed by atoms with Gasteiger partial charge in [-0.25, -0.2) is 5.48 Å². The standard InChI is InChI=1S/C8H15F3N2O2/c1-3-12-6(2)4-7(14)13-15-5-8(9,10)11/h6,12H,3-5H2,1-2H3,(H,13,14). The van der Waals surface area contributed by atoms with Gasteiger partial charge in [-0.15, -0.1) is 0 Å². The van der Waals surface area contributed by atoms with Crippen LogP contribution < -0.4 is 10.8 Å². The van der Waals surface area contributed by atoms with Crippen LogP contribution in [0.15, 0.2) is 0 Å². The van der Waals surface area contributed by atoms with Crippen molar-refractivity contribution in [2.45, 2.75) is 32.5 Å². The molecule has 0 saturated carbocycles. The highest BCUT2D eigenvalue weighted by Gasteiger charge is 2.28. The Morgan fingerprint density at radius 3 is 2.53 bits per heavy atom. The van der Waals surface area contributed by atoms with Crippen molar-refractivity contribution in [1.29, 1.82) is 0 Å². The van der Waals surface area contributed by atoms with Gasteiger partial charge in [0.25, 0.3) is 0 Å². The number of carbonyl (C=O) groups is 1. The fourth-order valence-corrected chi connectivity index (χ4v) is 0.939. The van der Waals surface area contributed by atoms with E-state index in [1.807, 2.05) is 6.92 Å². The second-order valence-corrected chi connectivity index (χ2v) is 3.09. The van der Waals surface area contributed by atoms with E-state index in [9.17, 15) is 18.0 Å². The van der Waals surface area contributed by atoms with Crippen LogP contribution in [0.5, 0.6) is 0 Å². The number of amides is 1. The Morgan fingerprint density at radius 1 is 1.47 bits per heavy atom. The third-order valence-corrected chi connectivity index (χ3v) is 1.47. The number of carbonyl (C=O) groups excluding carboxylic acids is 1. The van der Waals surface area contributed by atoms with Crippen molar-refractivity contribution in [3.63, 3.8) is 0 Å². The molecule has 90 valence electrons. The summed E-state index contributed by atoms with van der Waals surface area (Å²) in [5, 5.41) is 2.94. The van der Waals surface area contributed by atoms with Crippen molar-refractivity contribution in [2.24, 2.45) is 0 Å². The summed E-state index contributed by atoms with van der Waals surface area (Å²) in [6.45, 7) is 2.84. The lowest BCUT2D eigenvalue weighted by Gasteiger charge is -2.12. The van der Waals surface area contributed by atoms with Crippen molar-refractivity contribution in [3.8, 4) is 0 Å². The molecule has 1 unspecified atom stereocenters. The molecule has 0 aromatic rings. The first kappa shape index (κ1) is 14.2. The zero-order valence-corrected chi connectivity index (χ0v) is 8.65. The van der Waals surface area contributed by atoms with Crippen molar-refractivity contribution < 1.29 is 22.8 Å². The third kappa shape index (κ3) is 9.48. The highest BCUT2D eigenvalue weighted by atomic mass is 19.4. The molecule has 0 aromatic heterocycles. The number of nitrogens with one attached hydrogen (secondary N) is 2. The molecular weight excluding hydrogens is 213 g/mol. The Bertz CT molecular complexity index is 197. The molecule has 2 N–H and O–H groups in total. The number of rotatable bonds is 6. The summed E-state index contributed by atoms with van der Waals surface area (Å²) >= 11 is 0. The third-order valence-electron chi connectivity index (χ3n) is 1.47. The van der Waals surface area contributed by atoms with Crippen LogP contribution in [0.4, 0.5) is 13.2 Å². The normalized spacial score (nSPS) is 13.7. The van der Waals surface area contributed by atoms with Crippen LogP contribution >= 0.6 is 0 Å². The van der Waals surface area contributed by atoms with E-state index in [0.717, 1.165) is 0 Å². The molecule has 0 saturated heterocycles. The first-order valence-electron chi connectivity index (χ1n) is 4.56. The van der Waals surface area contributed by atoms with Crippen molar-refractivity contribution in [1.82, 2.24) is 10.8 Å². The van der Waals surface area contributed by atoms with Gasteiger partial charge in [0.1, 0.15) is 0 Å². The Balaban J connectivity index is 3.58. The molecule has 0 aliphatic heterocycles. The van der Waals surface area contributed by atoms with Gasteiger partial charge >= 0.3 is 6.18 Å². The average molecular weight is 228 g/mol. The lowest BCUT2D eigenvalue weighted by molar-refractivity contribution is -0.191. The van der Waals surface area contributed by atoms with Gasteiger partial charge in [-0.2, -0.15) is 13.2 Å². The molecule has 1 atom stereocenters. The fraction of sp³-hybridized carbons (Fsp3) is 0.875. The minimum absolute atomic E-state index is 0.0751. The minimum Gasteiger partial charge on any atom is -0.314 e. The van der Waals surface area contributed by atoms with E-state index in [1.54, 1.807) is 12.4 Å². The maximum atomic E-state index is 11.6. The zero-order valence-electron chi connectivity index (χ0n) is 8.65. The van der Waals surface area contributed by atoms with Gasteiger partial charge in [0.15, 0.2) is 6.61 Å². The molecule has 4 nitrogen and oxygen atoms in total. The predicted octanol–water partition coefficient (Wildman–Crippen LogP) is 0.985. The van der Waals surface area contributed by atoms with Crippen molar-refractivity contribution >= 4 is 5.91 Å². The molecule has 0 fully saturated rings. The lowest BCUT2D eigenvalue weighted by atomic mass is 10.2. The van der Waals surface area contributed by atoms with E-state index < -0.39 is 18.7 Å². The lowest BCUT2D eigenvalue weighted by Crippen LogP contribution is -2.35. The van der Waals surface area contributed by atoms with Gasteiger partial charge < -0.3 is 5.32 Å². The molecule has 0 radical (unpaired) electrons. The molecule has 0 spiro atoms. The van der Waals surface area contributed by atoms with Gasteiger partial charge in [0.05, 0.1) is 0 Å². The monoisotopic (exact) mass is 228 g/mol. The minimum atomic E-state index is -4.43. The van der Waals surface area contributed by atoms with Crippen molar-refractivity contribution in [3.05, 3.63) is 0 Å². The van der Waals surface area contributed by atoms with Gasteiger partial charge in [0, 0.05) is 12.5 Å². The highest BCUT2D eigenvalue weighted by Crippen LogP contribution is 2.13. The van der Waals surface area contributed by atoms with Crippen LogP contribution in [-0.2, 0) is 9.63 Å². The Kier molecular flexibility index (Phi) is 6.26. The van der Waals surface area contributed by atoms with E-state index in [-0.39, 0.29) is 12.5 Å². The molecule has 0 aromatic carbocycles. The van der Waals surface area contributed by atoms with Crippen LogP contribution in [0.2, 0.25) is 0 Å². The van der Waals surface area contributed by atoms with E-state index in [4.69, 9.17) is 0 Å². The van der Waals surface area contributed by atoms with Crippen LogP contribution in [0.1, 0.15) is 20.3 Å². The Morgan fingerprint density at radius 2 is 2.07 bits per heavy atom. The van der Waals surface area contributed by atoms with Gasteiger partial charge in [-0.1, -0.05) is 6.92 Å². The van der Waals surface area contributed by atoms with Crippen molar-refractivity contribution in [2.75, 3.05) is 13.2 Å². The highest BCUT2D eigenvalue weighted by molar-refractivity contribution is 5.75. The Labute approximate surface area is 86.1 Å². The number of hydrogen-bond acceptors (Lipinski definition) is 3. The molecule has 0 aliphatic carbocycles. The molecule has 1 amide bonds. The second-order valence-electron chi connectivity index (χ2n) is 3.09. The summed E-state index contributed by atoms with van der Waals surface area (Å²) in [6, 6.07) is -0.0931. The number of halogens is 3. The summed E-state index contributed by atoms with van der Waals surface area (Å²) in [5.41, 5.74) is 1.73. The van der Waals surface area contributed by atoms with Crippen LogP contribution in [0, 0.1) is 0 Å². The van der Waals surface area contributed by atoms with E-state index in [0.29, 0.717) is 6.54 Å². The zero-order chi connectivity index (χ0) is 11.9. The second kappa shape index (κ2) is 6.62. The quantitative estimate of drug-likeness (QED) is 0.666. The Hall–Kier alpha value is -0.820. The maximum absolute atomic E-state index is 11.6. The molecule has 7 heteroatoms. The maximum Gasteiger partial charge on any atom is 0.414 e. The molecule has 0 rings (SSSR count). The summed E-state index contributed by atoms with van der Waals surface area (Å²) in [4.78, 5) is 15.0. The fourth-order valence-electron chi connectivity index (χ4n) is 0.939. The van der Waals surface area contributed by atoms with E-state index in [2.05, 4.69) is 10.2 Å². The first-order chi connectivity index (χ1) is 6.85. The summed E-state index contributed by atoms with van der Waals surface area (Å²) in [5.74, 6) is -0.576. The summed E-state index contributed by atoms with van der Waals surface area (Å²) in [6.07, 6.45) is -4.35. The predicted molar refractivity (Wildman–Crippen MR) is 47.9 cm³/mol. The first-order valence-corrected chi connectivity index (χ1v) is 4.56. The molecule has 0 heterocycles. The molecular formula is C8H15F3N2O2. The van der Waals surface area contributed by atoms with E-state index >= 15 is 0 Å². The molecule has 0 aliphatic rings. The topological polar surface area (TPSA) is 50.4 Å². The SMILES string of the molecule is CCNC(C)CC(=O)NOCC(F)(F)F. The number of hydroxylamine groups is 1. The number of alkyl halides is 3. The van der Waals surface area contributed by atoms with E-state index in [1.165, 1.54) is 0 Å². The molecule has 0 bridgehead atoms. The summed E-state index contributed by atoms with van der Waals surface area (Å²) in [7, 11) is 0. The van der Waals surface area contributed by atoms with Gasteiger partial charge in [-0.05, 0) is 13.5 Å². The largest absolute Gasteiger partial charge is 0.414 e. The smallest absolute Gasteiger partial charge is 0.314 e. The number of hydrogen-bond donors (Lipinski definition) is 2. The van der Waals surface area contributed by atoms with Gasteiger partial charge in [-0.3, -0.25) is 9.63 Å². The summed E-state index contributed by atoms with van der Waals surface area (Å²) < 4.78 is 34.8. The van der Waals surface area contributed by atoms with Crippen LogP contribution in [0.25, 0.3) is 0 Å². The molecule has 15 heavy (non-hydrogen) atoms. The average Bonchev–Trinajstić information content (AvgIpc) is 2.01. The van der Waals surface area contributed by atoms with Crippen LogP contribution in [-0.4, -0.2) is 31.3 Å². The van der Waals surface area contributed by atoms with Gasteiger partial charge in [0.2, 0.25) is 5.91 Å². The van der Waals surface area contributed by atoms with Crippen LogP contribution in [0.3, 0.4) is 0 Å².